The summed E-state index contributed by atoms with van der Waals surface area (Å²) in [5.41, 5.74) is 1.87. The van der Waals surface area contributed by atoms with Crippen molar-refractivity contribution in [1.82, 2.24) is 0 Å². The number of nitriles is 1. The molecule has 2 aromatic carbocycles. The third kappa shape index (κ3) is 2.62. The number of nitrogens with zero attached hydrogens (tertiary/aromatic N) is 1. The lowest BCUT2D eigenvalue weighted by atomic mass is 10.0. The van der Waals surface area contributed by atoms with Crippen LogP contribution in [0.25, 0.3) is 10.8 Å². The lowest BCUT2D eigenvalue weighted by Gasteiger charge is -2.10. The van der Waals surface area contributed by atoms with Crippen molar-refractivity contribution in [2.24, 2.45) is 0 Å². The highest BCUT2D eigenvalue weighted by atomic mass is 14.9. The van der Waals surface area contributed by atoms with Crippen molar-refractivity contribution in [3.8, 4) is 6.07 Å². The molecule has 0 amide bonds. The number of anilines is 1. The Morgan fingerprint density at radius 1 is 1.06 bits per heavy atom. The molecule has 1 N–H and O–H groups in total. The largest absolute Gasteiger partial charge is 0.385 e. The minimum absolute atomic E-state index is 0.740. The number of benzene rings is 2. The molecule has 92 valence electrons. The number of hydrogen-bond acceptors (Lipinski definition) is 2. The van der Waals surface area contributed by atoms with E-state index in [1.807, 2.05) is 30.3 Å². The van der Waals surface area contributed by atoms with Crippen molar-refractivity contribution in [3.63, 3.8) is 0 Å². The molecule has 2 heteroatoms. The van der Waals surface area contributed by atoms with Gasteiger partial charge in [0, 0.05) is 23.0 Å². The van der Waals surface area contributed by atoms with Gasteiger partial charge in [-0.25, -0.2) is 0 Å². The second-order valence-corrected chi connectivity index (χ2v) is 4.45. The van der Waals surface area contributed by atoms with E-state index in [9.17, 15) is 0 Å². The summed E-state index contributed by atoms with van der Waals surface area (Å²) in [6, 6.07) is 14.2. The Hall–Kier alpha value is -2.01. The minimum atomic E-state index is 0.740. The second kappa shape index (κ2) is 6.07. The highest BCUT2D eigenvalue weighted by Gasteiger charge is 2.04. The average molecular weight is 238 g/mol. The van der Waals surface area contributed by atoms with Gasteiger partial charge in [-0.2, -0.15) is 5.26 Å². The van der Waals surface area contributed by atoms with Gasteiger partial charge >= 0.3 is 0 Å². The van der Waals surface area contributed by atoms with E-state index in [1.54, 1.807) is 0 Å². The summed E-state index contributed by atoms with van der Waals surface area (Å²) in [5, 5.41) is 14.7. The van der Waals surface area contributed by atoms with E-state index < -0.39 is 0 Å². The fourth-order valence-corrected chi connectivity index (χ4v) is 2.15. The van der Waals surface area contributed by atoms with Crippen molar-refractivity contribution >= 4 is 16.5 Å². The molecule has 0 aliphatic carbocycles. The van der Waals surface area contributed by atoms with Crippen LogP contribution in [0, 0.1) is 11.3 Å². The molecule has 2 nitrogen and oxygen atoms in total. The van der Waals surface area contributed by atoms with E-state index in [2.05, 4.69) is 24.4 Å². The van der Waals surface area contributed by atoms with Crippen LogP contribution in [0.5, 0.6) is 0 Å². The maximum Gasteiger partial charge on any atom is 0.0998 e. The van der Waals surface area contributed by atoms with Gasteiger partial charge in [0.2, 0.25) is 0 Å². The van der Waals surface area contributed by atoms with Gasteiger partial charge in [-0.3, -0.25) is 0 Å². The lowest BCUT2D eigenvalue weighted by molar-refractivity contribution is 0.744. The molecule has 0 aliphatic rings. The van der Waals surface area contributed by atoms with E-state index in [4.69, 9.17) is 5.26 Å². The first kappa shape index (κ1) is 12.4. The molecule has 18 heavy (non-hydrogen) atoms. The Kier molecular flexibility index (Phi) is 4.20. The van der Waals surface area contributed by atoms with Crippen LogP contribution in [-0.4, -0.2) is 6.54 Å². The molecule has 0 heterocycles. The smallest absolute Gasteiger partial charge is 0.0998 e. The standard InChI is InChI=1S/C16H18N2/c1-2-3-6-11-18-16-10-9-13(12-17)14-7-4-5-8-15(14)16/h4-5,7-10,18H,2-3,6,11H2,1H3. The lowest BCUT2D eigenvalue weighted by Crippen LogP contribution is -2.02. The van der Waals surface area contributed by atoms with Crippen molar-refractivity contribution in [1.29, 1.82) is 5.26 Å². The van der Waals surface area contributed by atoms with Crippen LogP contribution in [-0.2, 0) is 0 Å². The molecule has 0 saturated heterocycles. The topological polar surface area (TPSA) is 35.8 Å². The zero-order valence-electron chi connectivity index (χ0n) is 10.7. The molecule has 0 saturated carbocycles. The SMILES string of the molecule is CCCCCNc1ccc(C#N)c2ccccc12. The first-order chi connectivity index (χ1) is 8.86. The Morgan fingerprint density at radius 2 is 1.83 bits per heavy atom. The fourth-order valence-electron chi connectivity index (χ4n) is 2.15. The third-order valence-corrected chi connectivity index (χ3v) is 3.14. The molecule has 0 bridgehead atoms. The number of nitrogens with one attached hydrogen (secondary N) is 1. The molecule has 0 fully saturated rings. The Morgan fingerprint density at radius 3 is 2.56 bits per heavy atom. The molecule has 2 rings (SSSR count). The third-order valence-electron chi connectivity index (χ3n) is 3.14. The molecule has 2 aromatic rings. The first-order valence-electron chi connectivity index (χ1n) is 6.52. The summed E-state index contributed by atoms with van der Waals surface area (Å²) in [7, 11) is 0. The van der Waals surface area contributed by atoms with Crippen LogP contribution in [0.1, 0.15) is 31.7 Å². The number of rotatable bonds is 5. The quantitative estimate of drug-likeness (QED) is 0.788. The van der Waals surface area contributed by atoms with Crippen molar-refractivity contribution in [3.05, 3.63) is 42.0 Å². The van der Waals surface area contributed by atoms with Gasteiger partial charge in [0.25, 0.3) is 0 Å². The van der Waals surface area contributed by atoms with E-state index in [-0.39, 0.29) is 0 Å². The fraction of sp³-hybridized carbons (Fsp3) is 0.312. The zero-order chi connectivity index (χ0) is 12.8. The number of unbranched alkanes of at least 4 members (excludes halogenated alkanes) is 2. The van der Waals surface area contributed by atoms with Gasteiger partial charge in [-0.15, -0.1) is 0 Å². The van der Waals surface area contributed by atoms with Gasteiger partial charge in [0.05, 0.1) is 11.6 Å². The molecule has 0 unspecified atom stereocenters. The molecular weight excluding hydrogens is 220 g/mol. The minimum Gasteiger partial charge on any atom is -0.385 e. The molecule has 0 aromatic heterocycles. The van der Waals surface area contributed by atoms with Crippen molar-refractivity contribution < 1.29 is 0 Å². The highest BCUT2D eigenvalue weighted by Crippen LogP contribution is 2.26. The molecule has 0 spiro atoms. The van der Waals surface area contributed by atoms with Gasteiger partial charge in [-0.05, 0) is 18.6 Å². The molecular formula is C16H18N2. The van der Waals surface area contributed by atoms with Crippen molar-refractivity contribution in [2.45, 2.75) is 26.2 Å². The Balaban J connectivity index is 2.27. The second-order valence-electron chi connectivity index (χ2n) is 4.45. The van der Waals surface area contributed by atoms with E-state index >= 15 is 0 Å². The molecule has 0 radical (unpaired) electrons. The Labute approximate surface area is 108 Å². The predicted molar refractivity (Wildman–Crippen MR) is 76.7 cm³/mol. The van der Waals surface area contributed by atoms with E-state index in [0.29, 0.717) is 0 Å². The molecule has 0 atom stereocenters. The summed E-state index contributed by atoms with van der Waals surface area (Å²) >= 11 is 0. The first-order valence-corrected chi connectivity index (χ1v) is 6.52. The summed E-state index contributed by atoms with van der Waals surface area (Å²) in [6.07, 6.45) is 3.67. The molecule has 0 aliphatic heterocycles. The van der Waals surface area contributed by atoms with Gasteiger partial charge < -0.3 is 5.32 Å². The van der Waals surface area contributed by atoms with Crippen LogP contribution in [0.2, 0.25) is 0 Å². The van der Waals surface area contributed by atoms with Crippen molar-refractivity contribution in [2.75, 3.05) is 11.9 Å². The van der Waals surface area contributed by atoms with E-state index in [1.165, 1.54) is 19.3 Å². The average Bonchev–Trinajstić information content (AvgIpc) is 2.43. The summed E-state index contributed by atoms with van der Waals surface area (Å²) in [6.45, 7) is 3.20. The van der Waals surface area contributed by atoms with Crippen LogP contribution in [0.4, 0.5) is 5.69 Å². The van der Waals surface area contributed by atoms with Crippen LogP contribution in [0.3, 0.4) is 0 Å². The van der Waals surface area contributed by atoms with Gasteiger partial charge in [0.1, 0.15) is 0 Å². The van der Waals surface area contributed by atoms with Crippen LogP contribution < -0.4 is 5.32 Å². The number of fused-ring (bicyclic) bond motifs is 1. The predicted octanol–water partition coefficient (Wildman–Crippen LogP) is 4.31. The van der Waals surface area contributed by atoms with Crippen LogP contribution >= 0.6 is 0 Å². The highest BCUT2D eigenvalue weighted by molar-refractivity contribution is 5.97. The van der Waals surface area contributed by atoms with Crippen LogP contribution in [0.15, 0.2) is 36.4 Å². The maximum absolute atomic E-state index is 9.10. The summed E-state index contributed by atoms with van der Waals surface area (Å²) in [4.78, 5) is 0. The van der Waals surface area contributed by atoms with Gasteiger partial charge in [0.15, 0.2) is 0 Å². The number of hydrogen-bond donors (Lipinski definition) is 1. The maximum atomic E-state index is 9.10. The summed E-state index contributed by atoms with van der Waals surface area (Å²) in [5.74, 6) is 0. The van der Waals surface area contributed by atoms with Gasteiger partial charge in [-0.1, -0.05) is 44.0 Å². The summed E-state index contributed by atoms with van der Waals surface area (Å²) < 4.78 is 0. The normalized spacial score (nSPS) is 10.2. The Bertz CT molecular complexity index is 567. The monoisotopic (exact) mass is 238 g/mol. The van der Waals surface area contributed by atoms with E-state index in [0.717, 1.165) is 28.6 Å². The zero-order valence-corrected chi connectivity index (χ0v) is 10.7.